The number of nitrogens with one attached hydrogen (secondary N) is 1. The van der Waals surface area contributed by atoms with Gasteiger partial charge in [-0.15, -0.1) is 0 Å². The lowest BCUT2D eigenvalue weighted by Gasteiger charge is -2.11. The predicted octanol–water partition coefficient (Wildman–Crippen LogP) is 4.01. The summed E-state index contributed by atoms with van der Waals surface area (Å²) >= 11 is 0. The van der Waals surface area contributed by atoms with E-state index in [0.29, 0.717) is 31.0 Å². The molecule has 7 nitrogen and oxygen atoms in total. The summed E-state index contributed by atoms with van der Waals surface area (Å²) in [5.74, 6) is 2.97. The number of hydrogen-bond donors (Lipinski definition) is 1. The lowest BCUT2D eigenvalue weighted by Crippen LogP contribution is -2.28. The highest BCUT2D eigenvalue weighted by molar-refractivity contribution is 5.79. The molecule has 4 rings (SSSR count). The first-order valence-corrected chi connectivity index (χ1v) is 11.2. The first kappa shape index (κ1) is 23.2. The summed E-state index contributed by atoms with van der Waals surface area (Å²) < 4.78 is 18.1. The molecule has 0 atom stereocenters. The zero-order valence-electron chi connectivity index (χ0n) is 19.7. The van der Waals surface area contributed by atoms with E-state index in [4.69, 9.17) is 19.2 Å². The van der Waals surface area contributed by atoms with Gasteiger partial charge in [0.2, 0.25) is 5.91 Å². The molecule has 0 bridgehead atoms. The molecular formula is C27H29N3O4. The average Bonchev–Trinajstić information content (AvgIpc) is 3.21. The van der Waals surface area contributed by atoms with E-state index in [1.54, 1.807) is 21.3 Å². The van der Waals surface area contributed by atoms with Crippen LogP contribution in [0.5, 0.6) is 17.2 Å². The van der Waals surface area contributed by atoms with Gasteiger partial charge in [0.25, 0.3) is 0 Å². The molecule has 0 saturated heterocycles. The van der Waals surface area contributed by atoms with Crippen LogP contribution in [0.3, 0.4) is 0 Å². The van der Waals surface area contributed by atoms with Gasteiger partial charge >= 0.3 is 0 Å². The van der Waals surface area contributed by atoms with Crippen LogP contribution in [-0.2, 0) is 24.2 Å². The number of methoxy groups -OCH3 is 3. The second kappa shape index (κ2) is 10.7. The Morgan fingerprint density at radius 2 is 1.62 bits per heavy atom. The van der Waals surface area contributed by atoms with E-state index < -0.39 is 0 Å². The van der Waals surface area contributed by atoms with Crippen molar-refractivity contribution in [1.82, 2.24) is 14.9 Å². The highest BCUT2D eigenvalue weighted by Crippen LogP contribution is 2.27. The number of nitrogens with zero attached hydrogens (tertiary/aromatic N) is 2. The molecular weight excluding hydrogens is 430 g/mol. The number of rotatable bonds is 10. The van der Waals surface area contributed by atoms with Crippen LogP contribution in [0.1, 0.15) is 17.0 Å². The molecule has 1 heterocycles. The number of para-hydroxylation sites is 2. The van der Waals surface area contributed by atoms with E-state index in [2.05, 4.69) is 28.1 Å². The first-order chi connectivity index (χ1) is 16.6. The summed E-state index contributed by atoms with van der Waals surface area (Å²) in [6, 6.07) is 21.6. The Kier molecular flexibility index (Phi) is 7.32. The first-order valence-electron chi connectivity index (χ1n) is 11.2. The number of hydrogen-bond acceptors (Lipinski definition) is 5. The van der Waals surface area contributed by atoms with Crippen LogP contribution in [0, 0.1) is 0 Å². The molecule has 0 fully saturated rings. The van der Waals surface area contributed by atoms with Crippen molar-refractivity contribution >= 4 is 16.9 Å². The van der Waals surface area contributed by atoms with Crippen LogP contribution in [-0.4, -0.2) is 43.3 Å². The van der Waals surface area contributed by atoms with Gasteiger partial charge in [0.05, 0.1) is 38.8 Å². The number of ether oxygens (including phenoxy) is 3. The fraction of sp³-hybridized carbons (Fsp3) is 0.259. The molecule has 3 aromatic carbocycles. The van der Waals surface area contributed by atoms with Gasteiger partial charge in [-0.25, -0.2) is 4.98 Å². The molecule has 176 valence electrons. The van der Waals surface area contributed by atoms with Gasteiger partial charge in [-0.1, -0.05) is 30.3 Å². The number of fused-ring (bicyclic) bond motifs is 1. The molecule has 7 heteroatoms. The summed E-state index contributed by atoms with van der Waals surface area (Å²) in [5, 5.41) is 3.02. The zero-order chi connectivity index (χ0) is 23.9. The van der Waals surface area contributed by atoms with E-state index >= 15 is 0 Å². The van der Waals surface area contributed by atoms with Crippen LogP contribution in [0.2, 0.25) is 0 Å². The summed E-state index contributed by atoms with van der Waals surface area (Å²) in [5.41, 5.74) is 4.04. The molecule has 1 aromatic heterocycles. The molecule has 1 N–H and O–H groups in total. The lowest BCUT2D eigenvalue weighted by molar-refractivity contribution is -0.120. The quantitative estimate of drug-likeness (QED) is 0.388. The van der Waals surface area contributed by atoms with Crippen molar-refractivity contribution in [2.45, 2.75) is 19.4 Å². The number of aromatic nitrogens is 2. The van der Waals surface area contributed by atoms with Crippen molar-refractivity contribution in [2.75, 3.05) is 27.9 Å². The normalized spacial score (nSPS) is 10.8. The van der Waals surface area contributed by atoms with E-state index in [1.807, 2.05) is 48.5 Å². The lowest BCUT2D eigenvalue weighted by atomic mass is 10.1. The molecule has 0 aliphatic heterocycles. The molecule has 1 amide bonds. The largest absolute Gasteiger partial charge is 0.497 e. The average molecular weight is 460 g/mol. The second-order valence-corrected chi connectivity index (χ2v) is 7.92. The summed E-state index contributed by atoms with van der Waals surface area (Å²) in [7, 11) is 4.84. The molecule has 0 saturated carbocycles. The molecule has 0 unspecified atom stereocenters. The summed E-state index contributed by atoms with van der Waals surface area (Å²) in [6.45, 7) is 1.19. The Hall–Kier alpha value is -4.00. The monoisotopic (exact) mass is 459 g/mol. The molecule has 0 aliphatic carbocycles. The van der Waals surface area contributed by atoms with Crippen LogP contribution in [0.25, 0.3) is 11.0 Å². The number of carbonyl (C=O) groups is 1. The van der Waals surface area contributed by atoms with Gasteiger partial charge in [-0.3, -0.25) is 4.79 Å². The van der Waals surface area contributed by atoms with Crippen molar-refractivity contribution in [3.63, 3.8) is 0 Å². The van der Waals surface area contributed by atoms with Crippen molar-refractivity contribution < 1.29 is 19.0 Å². The summed E-state index contributed by atoms with van der Waals surface area (Å²) in [4.78, 5) is 17.4. The Morgan fingerprint density at radius 3 is 2.35 bits per heavy atom. The maximum Gasteiger partial charge on any atom is 0.224 e. The highest BCUT2D eigenvalue weighted by Gasteiger charge is 2.13. The summed E-state index contributed by atoms with van der Waals surface area (Å²) in [6.07, 6.45) is 0.894. The molecule has 4 aromatic rings. The Labute approximate surface area is 199 Å². The van der Waals surface area contributed by atoms with Crippen molar-refractivity contribution in [3.05, 3.63) is 83.7 Å². The number of benzene rings is 3. The highest BCUT2D eigenvalue weighted by atomic mass is 16.5. The Bertz CT molecular complexity index is 1260. The van der Waals surface area contributed by atoms with Gasteiger partial charge in [0.1, 0.15) is 11.6 Å². The molecule has 34 heavy (non-hydrogen) atoms. The van der Waals surface area contributed by atoms with Gasteiger partial charge < -0.3 is 24.1 Å². The van der Waals surface area contributed by atoms with Crippen molar-refractivity contribution in [1.29, 1.82) is 0 Å². The second-order valence-electron chi connectivity index (χ2n) is 7.92. The van der Waals surface area contributed by atoms with E-state index in [9.17, 15) is 4.79 Å². The fourth-order valence-electron chi connectivity index (χ4n) is 3.96. The zero-order valence-corrected chi connectivity index (χ0v) is 19.7. The van der Waals surface area contributed by atoms with Crippen molar-refractivity contribution in [2.24, 2.45) is 0 Å². The van der Waals surface area contributed by atoms with E-state index in [1.165, 1.54) is 0 Å². The smallest absolute Gasteiger partial charge is 0.224 e. The van der Waals surface area contributed by atoms with E-state index in [-0.39, 0.29) is 12.3 Å². The Morgan fingerprint density at radius 1 is 0.882 bits per heavy atom. The number of imidazole rings is 1. The third-order valence-electron chi connectivity index (χ3n) is 5.72. The van der Waals surface area contributed by atoms with Gasteiger partial charge in [0, 0.05) is 19.5 Å². The van der Waals surface area contributed by atoms with Crippen LogP contribution in [0.4, 0.5) is 0 Å². The minimum Gasteiger partial charge on any atom is -0.497 e. The topological polar surface area (TPSA) is 74.6 Å². The van der Waals surface area contributed by atoms with Crippen LogP contribution < -0.4 is 19.5 Å². The van der Waals surface area contributed by atoms with Gasteiger partial charge in [0.15, 0.2) is 11.5 Å². The maximum atomic E-state index is 12.5. The standard InChI is InChI=1S/C27H29N3O4/c1-32-21-11-8-19(9-12-21)18-30-23-7-5-4-6-22(23)29-26(30)14-15-28-27(31)17-20-10-13-24(33-2)25(16-20)34-3/h4-13,16H,14-15,17-18H2,1-3H3,(H,28,31). The predicted molar refractivity (Wildman–Crippen MR) is 132 cm³/mol. The van der Waals surface area contributed by atoms with Crippen molar-refractivity contribution in [3.8, 4) is 17.2 Å². The molecule has 0 spiro atoms. The molecule has 0 aliphatic rings. The van der Waals surface area contributed by atoms with Gasteiger partial charge in [-0.2, -0.15) is 0 Å². The third-order valence-corrected chi connectivity index (χ3v) is 5.72. The Balaban J connectivity index is 1.43. The fourth-order valence-corrected chi connectivity index (χ4v) is 3.96. The number of carbonyl (C=O) groups excluding carboxylic acids is 1. The van der Waals surface area contributed by atoms with Gasteiger partial charge in [-0.05, 0) is 47.5 Å². The number of amides is 1. The minimum absolute atomic E-state index is 0.0509. The van der Waals surface area contributed by atoms with Crippen LogP contribution in [0.15, 0.2) is 66.7 Å². The minimum atomic E-state index is -0.0509. The maximum absolute atomic E-state index is 12.5. The SMILES string of the molecule is COc1ccc(Cn2c(CCNC(=O)Cc3ccc(OC)c(OC)c3)nc3ccccc32)cc1. The third kappa shape index (κ3) is 5.31. The van der Waals surface area contributed by atoms with Crippen LogP contribution >= 0.6 is 0 Å². The molecule has 0 radical (unpaired) electrons. The van der Waals surface area contributed by atoms with E-state index in [0.717, 1.165) is 33.7 Å².